The molecule has 0 aromatic heterocycles. The lowest BCUT2D eigenvalue weighted by Crippen LogP contribution is -2.27. The fourth-order valence-corrected chi connectivity index (χ4v) is 5.01. The van der Waals surface area contributed by atoms with E-state index in [0.717, 1.165) is 29.7 Å². The van der Waals surface area contributed by atoms with Crippen molar-refractivity contribution >= 4 is 6.08 Å². The summed E-state index contributed by atoms with van der Waals surface area (Å²) in [5.74, 6) is 0.354. The summed E-state index contributed by atoms with van der Waals surface area (Å²) in [6.07, 6.45) is 5.42. The topological polar surface area (TPSA) is 47.9 Å². The Morgan fingerprint density at radius 2 is 1.64 bits per heavy atom. The molecule has 1 aliphatic heterocycles. The van der Waals surface area contributed by atoms with Crippen molar-refractivity contribution in [3.05, 3.63) is 70.3 Å². The largest absolute Gasteiger partial charge is 0.491 e. The summed E-state index contributed by atoms with van der Waals surface area (Å²) >= 11 is 0. The van der Waals surface area contributed by atoms with E-state index in [2.05, 4.69) is 64.1 Å². The Morgan fingerprint density at radius 1 is 1.03 bits per heavy atom. The van der Waals surface area contributed by atoms with Crippen LogP contribution in [-0.4, -0.2) is 36.3 Å². The maximum Gasteiger partial charge on any atom is 0.163 e. The highest BCUT2D eigenvalue weighted by atomic mass is 16.7. The molecule has 1 aliphatic rings. The van der Waals surface area contributed by atoms with Crippen LogP contribution in [0, 0.1) is 19.3 Å². The Labute approximate surface area is 218 Å². The van der Waals surface area contributed by atoms with Gasteiger partial charge in [0.05, 0.1) is 12.7 Å². The first-order valence-corrected chi connectivity index (χ1v) is 13.3. The second-order valence-electron chi connectivity index (χ2n) is 11.8. The third-order valence-corrected chi connectivity index (χ3v) is 7.59. The second-order valence-corrected chi connectivity index (χ2v) is 11.8. The van der Waals surface area contributed by atoms with Crippen LogP contribution in [0.1, 0.15) is 89.1 Å². The number of aryl methyl sites for hydroxylation is 2. The Balaban J connectivity index is 1.83. The molecule has 1 fully saturated rings. The molecule has 0 bridgehead atoms. The highest BCUT2D eigenvalue weighted by Crippen LogP contribution is 2.41. The lowest BCUT2D eigenvalue weighted by atomic mass is 9.70. The molecule has 0 saturated carbocycles. The minimum absolute atomic E-state index is 0.0514. The van der Waals surface area contributed by atoms with Gasteiger partial charge in [-0.25, -0.2) is 0 Å². The molecule has 1 N–H and O–H groups in total. The van der Waals surface area contributed by atoms with Crippen molar-refractivity contribution in [1.29, 1.82) is 0 Å². The molecule has 4 heteroatoms. The van der Waals surface area contributed by atoms with E-state index in [1.165, 1.54) is 16.7 Å². The summed E-state index contributed by atoms with van der Waals surface area (Å²) in [4.78, 5) is 0. The molecule has 36 heavy (non-hydrogen) atoms. The molecule has 1 unspecified atom stereocenters. The third kappa shape index (κ3) is 6.40. The van der Waals surface area contributed by atoms with E-state index in [1.54, 1.807) is 0 Å². The lowest BCUT2D eigenvalue weighted by Gasteiger charge is -2.34. The molecular weight excluding hydrogens is 448 g/mol. The minimum atomic E-state index is -0.537. The van der Waals surface area contributed by atoms with Gasteiger partial charge in [-0.3, -0.25) is 0 Å². The Hall–Kier alpha value is -2.14. The quantitative estimate of drug-likeness (QED) is 0.396. The van der Waals surface area contributed by atoms with Crippen LogP contribution < -0.4 is 4.74 Å². The molecule has 198 valence electrons. The first kappa shape index (κ1) is 28.4. The van der Waals surface area contributed by atoms with E-state index in [4.69, 9.17) is 14.2 Å². The van der Waals surface area contributed by atoms with E-state index in [9.17, 15) is 5.11 Å². The SMILES string of the molecule is CCC(CC)(c1ccc(C=CC(O)C(C)(C)C)c(C)c1)c1ccc(OC[C@@H]2COC(C)(C)O2)c(C)c1. The van der Waals surface area contributed by atoms with Gasteiger partial charge in [0, 0.05) is 5.41 Å². The highest BCUT2D eigenvalue weighted by Gasteiger charge is 2.34. The van der Waals surface area contributed by atoms with Crippen molar-refractivity contribution < 1.29 is 19.3 Å². The summed E-state index contributed by atoms with van der Waals surface area (Å²) in [6.45, 7) is 19.8. The predicted octanol–water partition coefficient (Wildman–Crippen LogP) is 7.36. The van der Waals surface area contributed by atoms with Crippen molar-refractivity contribution in [2.75, 3.05) is 13.2 Å². The number of ether oxygens (including phenoxy) is 3. The van der Waals surface area contributed by atoms with E-state index in [1.807, 2.05) is 46.8 Å². The second kappa shape index (κ2) is 11.1. The Bertz CT molecular complexity index is 1060. The average molecular weight is 495 g/mol. The fourth-order valence-electron chi connectivity index (χ4n) is 5.01. The monoisotopic (exact) mass is 494 g/mol. The van der Waals surface area contributed by atoms with Crippen LogP contribution in [-0.2, 0) is 14.9 Å². The van der Waals surface area contributed by atoms with Gasteiger partial charge in [-0.2, -0.15) is 0 Å². The van der Waals surface area contributed by atoms with E-state index in [-0.39, 0.29) is 16.9 Å². The zero-order valence-electron chi connectivity index (χ0n) is 23.8. The van der Waals surface area contributed by atoms with Gasteiger partial charge >= 0.3 is 0 Å². The van der Waals surface area contributed by atoms with Crippen molar-refractivity contribution in [1.82, 2.24) is 0 Å². The average Bonchev–Trinajstić information content (AvgIpc) is 3.16. The molecule has 1 saturated heterocycles. The van der Waals surface area contributed by atoms with Gasteiger partial charge in [-0.1, -0.05) is 77.1 Å². The maximum absolute atomic E-state index is 10.4. The number of aliphatic hydroxyl groups excluding tert-OH is 1. The first-order chi connectivity index (χ1) is 16.8. The van der Waals surface area contributed by atoms with Gasteiger partial charge in [-0.05, 0) is 79.8 Å². The molecule has 4 nitrogen and oxygen atoms in total. The number of hydrogen-bond acceptors (Lipinski definition) is 4. The standard InChI is InChI=1S/C32H46O4/c1-10-32(11-2,25-14-12-24(22(3)18-25)13-17-29(33)30(5,6)7)26-15-16-28(23(4)19-26)34-20-27-21-35-31(8,9)36-27/h12-19,27,29,33H,10-11,20-21H2,1-9H3/t27-,29?/m1/s1. The molecule has 0 radical (unpaired) electrons. The van der Waals surface area contributed by atoms with Gasteiger partial charge in [0.15, 0.2) is 5.79 Å². The Kier molecular flexibility index (Phi) is 8.75. The molecule has 2 aromatic rings. The molecule has 0 aliphatic carbocycles. The van der Waals surface area contributed by atoms with Crippen LogP contribution in [0.25, 0.3) is 6.08 Å². The number of rotatable bonds is 9. The lowest BCUT2D eigenvalue weighted by molar-refractivity contribution is -0.141. The van der Waals surface area contributed by atoms with Crippen molar-refractivity contribution in [3.8, 4) is 5.75 Å². The normalized spacial score (nSPS) is 19.1. The summed E-state index contributed by atoms with van der Waals surface area (Å²) in [5.41, 5.74) is 5.87. The summed E-state index contributed by atoms with van der Waals surface area (Å²) in [5, 5.41) is 10.4. The van der Waals surface area contributed by atoms with Crippen LogP contribution in [0.2, 0.25) is 0 Å². The fraction of sp³-hybridized carbons (Fsp3) is 0.562. The molecule has 2 aromatic carbocycles. The zero-order chi connectivity index (χ0) is 26.7. The number of hydrogen-bond donors (Lipinski definition) is 1. The first-order valence-electron chi connectivity index (χ1n) is 13.3. The van der Waals surface area contributed by atoms with Crippen LogP contribution in [0.5, 0.6) is 5.75 Å². The highest BCUT2D eigenvalue weighted by molar-refractivity contribution is 5.57. The van der Waals surface area contributed by atoms with Gasteiger partial charge < -0.3 is 19.3 Å². The maximum atomic E-state index is 10.4. The van der Waals surface area contributed by atoms with Crippen LogP contribution in [0.4, 0.5) is 0 Å². The van der Waals surface area contributed by atoms with Gasteiger partial charge in [0.25, 0.3) is 0 Å². The number of benzene rings is 2. The third-order valence-electron chi connectivity index (χ3n) is 7.59. The predicted molar refractivity (Wildman–Crippen MR) is 149 cm³/mol. The molecule has 0 spiro atoms. The molecule has 1 heterocycles. The van der Waals surface area contributed by atoms with E-state index in [0.29, 0.717) is 13.2 Å². The molecule has 2 atom stereocenters. The Morgan fingerprint density at radius 3 is 2.14 bits per heavy atom. The molecule has 3 rings (SSSR count). The molecular formula is C32H46O4. The minimum Gasteiger partial charge on any atom is -0.491 e. The smallest absolute Gasteiger partial charge is 0.163 e. The van der Waals surface area contributed by atoms with Gasteiger partial charge in [0.2, 0.25) is 0 Å². The van der Waals surface area contributed by atoms with Crippen LogP contribution >= 0.6 is 0 Å². The van der Waals surface area contributed by atoms with Crippen molar-refractivity contribution in [2.24, 2.45) is 5.41 Å². The van der Waals surface area contributed by atoms with Crippen LogP contribution in [0.15, 0.2) is 42.5 Å². The van der Waals surface area contributed by atoms with Crippen molar-refractivity contribution in [3.63, 3.8) is 0 Å². The zero-order valence-corrected chi connectivity index (χ0v) is 23.8. The van der Waals surface area contributed by atoms with Gasteiger partial charge in [-0.15, -0.1) is 0 Å². The van der Waals surface area contributed by atoms with E-state index < -0.39 is 11.9 Å². The van der Waals surface area contributed by atoms with Crippen molar-refractivity contribution in [2.45, 2.75) is 98.6 Å². The summed E-state index contributed by atoms with van der Waals surface area (Å²) in [6, 6.07) is 13.3. The van der Waals surface area contributed by atoms with Crippen LogP contribution in [0.3, 0.4) is 0 Å². The summed E-state index contributed by atoms with van der Waals surface area (Å²) < 4.78 is 17.7. The number of aliphatic hydroxyl groups is 1. The van der Waals surface area contributed by atoms with E-state index >= 15 is 0 Å². The molecule has 0 amide bonds. The van der Waals surface area contributed by atoms with Gasteiger partial charge in [0.1, 0.15) is 18.5 Å². The summed E-state index contributed by atoms with van der Waals surface area (Å²) in [7, 11) is 0.